The van der Waals surface area contributed by atoms with Gasteiger partial charge in [-0.15, -0.1) is 6.58 Å². The van der Waals surface area contributed by atoms with Crippen LogP contribution in [0, 0.1) is 0 Å². The van der Waals surface area contributed by atoms with E-state index < -0.39 is 12.0 Å². The van der Waals surface area contributed by atoms with Crippen LogP contribution in [0.5, 0.6) is 0 Å². The van der Waals surface area contributed by atoms with Crippen molar-refractivity contribution >= 4 is 33.6 Å². The molecule has 0 atom stereocenters. The number of urea groups is 1. The lowest BCUT2D eigenvalue weighted by atomic mass is 10.2. The minimum absolute atomic E-state index is 0.0183. The lowest BCUT2D eigenvalue weighted by molar-refractivity contribution is 0.0698. The number of hydrogen-bond acceptors (Lipinski definition) is 3. The number of aliphatic hydroxyl groups excluding tert-OH is 1. The molecule has 0 heterocycles. The van der Waals surface area contributed by atoms with Crippen LogP contribution in [-0.2, 0) is 0 Å². The Hall–Kier alpha value is -1.86. The number of para-hydroxylation sites is 1. The molecule has 0 aliphatic rings. The zero-order valence-electron chi connectivity index (χ0n) is 10.7. The molecule has 0 fully saturated rings. The molecule has 3 N–H and O–H groups in total. The van der Waals surface area contributed by atoms with Gasteiger partial charge in [0.1, 0.15) is 0 Å². The number of aromatic carboxylic acids is 1. The van der Waals surface area contributed by atoms with E-state index in [9.17, 15) is 9.59 Å². The minimum Gasteiger partial charge on any atom is -0.478 e. The second-order valence-corrected chi connectivity index (χ2v) is 4.71. The van der Waals surface area contributed by atoms with Crippen molar-refractivity contribution in [2.24, 2.45) is 0 Å². The zero-order valence-corrected chi connectivity index (χ0v) is 12.3. The zero-order chi connectivity index (χ0) is 15.1. The Bertz CT molecular complexity index is 519. The number of nitrogens with one attached hydrogen (secondary N) is 1. The molecule has 1 rings (SSSR count). The summed E-state index contributed by atoms with van der Waals surface area (Å²) in [5.41, 5.74) is 0.160. The van der Waals surface area contributed by atoms with Crippen molar-refractivity contribution in [3.05, 3.63) is 40.9 Å². The smallest absolute Gasteiger partial charge is 0.337 e. The molecule has 0 aliphatic carbocycles. The third kappa shape index (κ3) is 4.07. The van der Waals surface area contributed by atoms with Gasteiger partial charge in [0.15, 0.2) is 0 Å². The summed E-state index contributed by atoms with van der Waals surface area (Å²) in [5, 5.41) is 20.6. The maximum absolute atomic E-state index is 12.1. The molecule has 0 saturated carbocycles. The van der Waals surface area contributed by atoms with Crippen molar-refractivity contribution < 1.29 is 19.8 Å². The van der Waals surface area contributed by atoms with Crippen LogP contribution in [0.1, 0.15) is 10.4 Å². The lowest BCUT2D eigenvalue weighted by Crippen LogP contribution is -2.37. The number of carbonyl (C=O) groups is 2. The Kier molecular flexibility index (Phi) is 6.20. The molecule has 6 nitrogen and oxygen atoms in total. The van der Waals surface area contributed by atoms with Gasteiger partial charge in [0, 0.05) is 17.6 Å². The van der Waals surface area contributed by atoms with Crippen molar-refractivity contribution in [1.29, 1.82) is 0 Å². The van der Waals surface area contributed by atoms with Crippen LogP contribution in [0.4, 0.5) is 10.5 Å². The van der Waals surface area contributed by atoms with E-state index in [-0.39, 0.29) is 30.9 Å². The van der Waals surface area contributed by atoms with E-state index in [1.165, 1.54) is 17.0 Å². The van der Waals surface area contributed by atoms with E-state index in [1.807, 2.05) is 0 Å². The molecule has 0 bridgehead atoms. The van der Waals surface area contributed by atoms with Crippen LogP contribution in [0.25, 0.3) is 0 Å². The molecule has 0 aromatic heterocycles. The predicted molar refractivity (Wildman–Crippen MR) is 79.0 cm³/mol. The summed E-state index contributed by atoms with van der Waals surface area (Å²) in [6.45, 7) is 3.72. The number of anilines is 1. The highest BCUT2D eigenvalue weighted by Gasteiger charge is 2.18. The molecule has 0 radical (unpaired) electrons. The molecule has 108 valence electrons. The number of nitrogens with zero attached hydrogens (tertiary/aromatic N) is 1. The maximum atomic E-state index is 12.1. The molecule has 1 aromatic carbocycles. The van der Waals surface area contributed by atoms with E-state index in [0.29, 0.717) is 4.47 Å². The third-order valence-corrected chi connectivity index (χ3v) is 3.14. The number of aliphatic hydroxyl groups is 1. The van der Waals surface area contributed by atoms with E-state index >= 15 is 0 Å². The van der Waals surface area contributed by atoms with Crippen molar-refractivity contribution in [3.8, 4) is 0 Å². The highest BCUT2D eigenvalue weighted by molar-refractivity contribution is 9.10. The normalized spacial score (nSPS) is 9.90. The van der Waals surface area contributed by atoms with Gasteiger partial charge in [0.2, 0.25) is 0 Å². The Morgan fingerprint density at radius 3 is 2.70 bits per heavy atom. The first-order chi connectivity index (χ1) is 9.51. The van der Waals surface area contributed by atoms with Gasteiger partial charge in [0.05, 0.1) is 17.9 Å². The van der Waals surface area contributed by atoms with Crippen LogP contribution in [0.15, 0.2) is 35.3 Å². The molecular weight excluding hydrogens is 328 g/mol. The summed E-state index contributed by atoms with van der Waals surface area (Å²) in [4.78, 5) is 24.5. The molecule has 0 aliphatic heterocycles. The van der Waals surface area contributed by atoms with Gasteiger partial charge < -0.3 is 20.4 Å². The Morgan fingerprint density at radius 2 is 2.15 bits per heavy atom. The summed E-state index contributed by atoms with van der Waals surface area (Å²) < 4.78 is 0.466. The summed E-state index contributed by atoms with van der Waals surface area (Å²) in [5.74, 6) is -1.14. The first-order valence-corrected chi connectivity index (χ1v) is 6.60. The summed E-state index contributed by atoms with van der Waals surface area (Å²) in [6.07, 6.45) is 1.52. The van der Waals surface area contributed by atoms with Crippen LogP contribution in [-0.4, -0.2) is 46.8 Å². The fraction of sp³-hybridized carbons (Fsp3) is 0.231. The van der Waals surface area contributed by atoms with E-state index in [1.54, 1.807) is 12.1 Å². The van der Waals surface area contributed by atoms with E-state index in [2.05, 4.69) is 27.8 Å². The Balaban J connectivity index is 2.99. The van der Waals surface area contributed by atoms with Crippen molar-refractivity contribution in [2.45, 2.75) is 0 Å². The number of halogens is 1. The molecular formula is C13H15BrN2O4. The average molecular weight is 343 g/mol. The Morgan fingerprint density at radius 1 is 1.45 bits per heavy atom. The highest BCUT2D eigenvalue weighted by Crippen LogP contribution is 2.26. The van der Waals surface area contributed by atoms with E-state index in [0.717, 1.165) is 0 Å². The summed E-state index contributed by atoms with van der Waals surface area (Å²) >= 11 is 3.20. The number of hydrogen-bond donors (Lipinski definition) is 3. The van der Waals surface area contributed by atoms with E-state index in [4.69, 9.17) is 10.2 Å². The van der Waals surface area contributed by atoms with Crippen LogP contribution in [0.3, 0.4) is 0 Å². The first-order valence-electron chi connectivity index (χ1n) is 5.80. The highest BCUT2D eigenvalue weighted by atomic mass is 79.9. The fourth-order valence-electron chi connectivity index (χ4n) is 1.57. The van der Waals surface area contributed by atoms with Crippen molar-refractivity contribution in [3.63, 3.8) is 0 Å². The minimum atomic E-state index is -1.14. The van der Waals surface area contributed by atoms with Crippen LogP contribution in [0.2, 0.25) is 0 Å². The second kappa shape index (κ2) is 7.66. The average Bonchev–Trinajstić information content (AvgIpc) is 2.40. The molecule has 7 heteroatoms. The van der Waals surface area contributed by atoms with Crippen molar-refractivity contribution in [2.75, 3.05) is 25.0 Å². The van der Waals surface area contributed by atoms with Gasteiger partial charge in [-0.2, -0.15) is 0 Å². The molecule has 0 unspecified atom stereocenters. The van der Waals surface area contributed by atoms with Gasteiger partial charge in [-0.25, -0.2) is 9.59 Å². The predicted octanol–water partition coefficient (Wildman–Crippen LogP) is 2.16. The number of benzene rings is 1. The SMILES string of the molecule is C=CCN(CCO)C(=O)Nc1c(Br)cccc1C(=O)O. The fourth-order valence-corrected chi connectivity index (χ4v) is 2.03. The number of carboxylic acids is 1. The third-order valence-electron chi connectivity index (χ3n) is 2.48. The molecule has 0 spiro atoms. The van der Waals surface area contributed by atoms with Gasteiger partial charge >= 0.3 is 12.0 Å². The number of carboxylic acid groups (broad SMARTS) is 1. The first kappa shape index (κ1) is 16.2. The molecule has 0 saturated heterocycles. The van der Waals surface area contributed by atoms with Gasteiger partial charge in [0.25, 0.3) is 0 Å². The van der Waals surface area contributed by atoms with Gasteiger partial charge in [-0.3, -0.25) is 0 Å². The summed E-state index contributed by atoms with van der Waals surface area (Å²) in [7, 11) is 0. The quantitative estimate of drug-likeness (QED) is 0.691. The topological polar surface area (TPSA) is 89.9 Å². The second-order valence-electron chi connectivity index (χ2n) is 3.86. The summed E-state index contributed by atoms with van der Waals surface area (Å²) in [6, 6.07) is 4.09. The largest absolute Gasteiger partial charge is 0.478 e. The Labute approximate surface area is 124 Å². The monoisotopic (exact) mass is 342 g/mol. The standard InChI is InChI=1S/C13H15BrN2O4/c1-2-6-16(7-8-17)13(20)15-11-9(12(18)19)4-3-5-10(11)14/h2-5,17H,1,6-8H2,(H,15,20)(H,18,19). The lowest BCUT2D eigenvalue weighted by Gasteiger charge is -2.21. The van der Waals surface area contributed by atoms with Gasteiger partial charge in [-0.05, 0) is 28.1 Å². The maximum Gasteiger partial charge on any atom is 0.337 e. The number of rotatable bonds is 6. The van der Waals surface area contributed by atoms with Crippen LogP contribution < -0.4 is 5.32 Å². The molecule has 20 heavy (non-hydrogen) atoms. The number of amides is 2. The van der Waals surface area contributed by atoms with Crippen LogP contribution >= 0.6 is 15.9 Å². The molecule has 1 aromatic rings. The number of carbonyl (C=O) groups excluding carboxylic acids is 1. The van der Waals surface area contributed by atoms with Crippen molar-refractivity contribution in [1.82, 2.24) is 4.90 Å². The van der Waals surface area contributed by atoms with Gasteiger partial charge in [-0.1, -0.05) is 12.1 Å². The molecule has 2 amide bonds.